The van der Waals surface area contributed by atoms with Crippen LogP contribution < -0.4 is 23.8 Å². The highest BCUT2D eigenvalue weighted by molar-refractivity contribution is 5.95. The third kappa shape index (κ3) is 5.68. The number of aryl methyl sites for hydroxylation is 1. The highest BCUT2D eigenvalue weighted by atomic mass is 16.5. The van der Waals surface area contributed by atoms with Crippen molar-refractivity contribution in [1.82, 2.24) is 9.80 Å². The second-order valence-electron chi connectivity index (χ2n) is 10.7. The molecular weight excluding hydrogens is 534 g/mol. The van der Waals surface area contributed by atoms with Gasteiger partial charge in [-0.15, -0.1) is 0 Å². The number of piperazine rings is 1. The Morgan fingerprint density at radius 1 is 0.738 bits per heavy atom. The summed E-state index contributed by atoms with van der Waals surface area (Å²) in [4.78, 5) is 33.9. The number of likely N-dealkylation sites (tertiary alicyclic amines) is 1. The van der Waals surface area contributed by atoms with Crippen molar-refractivity contribution in [2.45, 2.75) is 12.8 Å². The first-order chi connectivity index (χ1) is 20.4. The first kappa shape index (κ1) is 29.1. The average molecular weight is 574 g/mol. The van der Waals surface area contributed by atoms with Crippen LogP contribution in [-0.2, 0) is 4.79 Å². The Morgan fingerprint density at radius 3 is 2.05 bits per heavy atom. The van der Waals surface area contributed by atoms with Gasteiger partial charge in [-0.3, -0.25) is 9.59 Å². The molecule has 0 N–H and O–H groups in total. The van der Waals surface area contributed by atoms with Gasteiger partial charge in [0.15, 0.2) is 11.5 Å². The van der Waals surface area contributed by atoms with E-state index in [1.807, 2.05) is 35.2 Å². The van der Waals surface area contributed by atoms with Crippen LogP contribution in [0.5, 0.6) is 23.0 Å². The fourth-order valence-corrected chi connectivity index (χ4v) is 6.13. The first-order valence-electron chi connectivity index (χ1n) is 14.2. The molecule has 2 atom stereocenters. The molecule has 0 saturated carbocycles. The number of hydrogen-bond acceptors (Lipinski definition) is 7. The maximum atomic E-state index is 14.2. The fourth-order valence-electron chi connectivity index (χ4n) is 6.13. The predicted molar refractivity (Wildman–Crippen MR) is 161 cm³/mol. The van der Waals surface area contributed by atoms with E-state index < -0.39 is 5.92 Å². The third-order valence-electron chi connectivity index (χ3n) is 8.40. The van der Waals surface area contributed by atoms with Crippen LogP contribution in [0.15, 0.2) is 60.7 Å². The largest absolute Gasteiger partial charge is 0.497 e. The lowest BCUT2D eigenvalue weighted by atomic mass is 9.87. The van der Waals surface area contributed by atoms with Gasteiger partial charge < -0.3 is 33.6 Å². The van der Waals surface area contributed by atoms with Crippen LogP contribution in [-0.4, -0.2) is 89.3 Å². The minimum absolute atomic E-state index is 0.0547. The lowest BCUT2D eigenvalue weighted by Gasteiger charge is -2.38. The van der Waals surface area contributed by atoms with Crippen molar-refractivity contribution < 1.29 is 28.5 Å². The molecule has 2 heterocycles. The second kappa shape index (κ2) is 12.6. The van der Waals surface area contributed by atoms with Crippen LogP contribution >= 0.6 is 0 Å². The predicted octanol–water partition coefficient (Wildman–Crippen LogP) is 4.23. The standard InChI is InChI=1S/C33H39N3O6/c1-22-9-6-7-12-28(22)34-13-15-35(16-14-34)33(38)27-21-36(32(37)23-10-8-11-25(17-23)39-2)20-26(27)24-18-29(40-3)31(42-5)30(19-24)41-4/h6-12,17-19,26-27H,13-16,20-21H2,1-5H3/t26-,27-/m1/s1. The molecule has 2 saturated heterocycles. The number of benzene rings is 3. The SMILES string of the molecule is COc1cccc(C(=O)N2C[C@H](c3cc(OC)c(OC)c(OC)c3)[C@H](C(=O)N3CCN(c4ccccc4C)CC3)C2)c1. The molecule has 2 aliphatic rings. The Morgan fingerprint density at radius 2 is 1.43 bits per heavy atom. The molecule has 9 nitrogen and oxygen atoms in total. The molecule has 0 aromatic heterocycles. The highest BCUT2D eigenvalue weighted by Gasteiger charge is 2.43. The summed E-state index contributed by atoms with van der Waals surface area (Å²) in [6.07, 6.45) is 0. The normalized spacial score (nSPS) is 18.5. The number of ether oxygens (including phenoxy) is 4. The molecule has 42 heavy (non-hydrogen) atoms. The van der Waals surface area contributed by atoms with Crippen molar-refractivity contribution in [3.8, 4) is 23.0 Å². The van der Waals surface area contributed by atoms with E-state index in [0.717, 1.165) is 18.7 Å². The summed E-state index contributed by atoms with van der Waals surface area (Å²) in [5.41, 5.74) is 3.82. The number of nitrogens with zero attached hydrogens (tertiary/aromatic N) is 3. The van der Waals surface area contributed by atoms with Crippen molar-refractivity contribution in [3.05, 3.63) is 77.4 Å². The van der Waals surface area contributed by atoms with Crippen LogP contribution in [0.4, 0.5) is 5.69 Å². The van der Waals surface area contributed by atoms with E-state index in [4.69, 9.17) is 18.9 Å². The molecule has 0 spiro atoms. The molecule has 2 fully saturated rings. The molecule has 222 valence electrons. The van der Waals surface area contributed by atoms with Crippen LogP contribution in [0.1, 0.15) is 27.4 Å². The minimum atomic E-state index is -0.424. The first-order valence-corrected chi connectivity index (χ1v) is 14.2. The van der Waals surface area contributed by atoms with Gasteiger partial charge in [0.05, 0.1) is 34.4 Å². The van der Waals surface area contributed by atoms with Gasteiger partial charge in [-0.05, 0) is 54.4 Å². The van der Waals surface area contributed by atoms with E-state index >= 15 is 0 Å². The Balaban J connectivity index is 1.43. The van der Waals surface area contributed by atoms with Crippen LogP contribution in [0.3, 0.4) is 0 Å². The van der Waals surface area contributed by atoms with E-state index in [2.05, 4.69) is 24.0 Å². The van der Waals surface area contributed by atoms with Gasteiger partial charge in [-0.2, -0.15) is 0 Å². The summed E-state index contributed by atoms with van der Waals surface area (Å²) in [7, 11) is 6.29. The minimum Gasteiger partial charge on any atom is -0.497 e. The van der Waals surface area contributed by atoms with Gasteiger partial charge in [0.1, 0.15) is 5.75 Å². The van der Waals surface area contributed by atoms with Gasteiger partial charge in [-0.1, -0.05) is 24.3 Å². The fraction of sp³-hybridized carbons (Fsp3) is 0.394. The zero-order valence-corrected chi connectivity index (χ0v) is 25.0. The maximum absolute atomic E-state index is 14.2. The summed E-state index contributed by atoms with van der Waals surface area (Å²) in [6.45, 7) is 5.56. The molecule has 3 aromatic carbocycles. The summed E-state index contributed by atoms with van der Waals surface area (Å²) in [5, 5.41) is 0. The summed E-state index contributed by atoms with van der Waals surface area (Å²) in [5.74, 6) is 1.37. The molecule has 5 rings (SSSR count). The lowest BCUT2D eigenvalue weighted by molar-refractivity contribution is -0.135. The zero-order chi connectivity index (χ0) is 29.8. The quantitative estimate of drug-likeness (QED) is 0.399. The maximum Gasteiger partial charge on any atom is 0.254 e. The Kier molecular flexibility index (Phi) is 8.75. The Hall–Kier alpha value is -4.40. The highest BCUT2D eigenvalue weighted by Crippen LogP contribution is 2.44. The van der Waals surface area contributed by atoms with E-state index in [1.165, 1.54) is 11.3 Å². The number of carbonyl (C=O) groups excluding carboxylic acids is 2. The summed E-state index contributed by atoms with van der Waals surface area (Å²) in [6, 6.07) is 19.2. The van der Waals surface area contributed by atoms with E-state index in [0.29, 0.717) is 54.7 Å². The van der Waals surface area contributed by atoms with Crippen LogP contribution in [0, 0.1) is 12.8 Å². The van der Waals surface area contributed by atoms with Crippen molar-refractivity contribution in [2.75, 3.05) is 72.6 Å². The van der Waals surface area contributed by atoms with Gasteiger partial charge in [0.2, 0.25) is 11.7 Å². The van der Waals surface area contributed by atoms with Gasteiger partial charge >= 0.3 is 0 Å². The smallest absolute Gasteiger partial charge is 0.254 e. The van der Waals surface area contributed by atoms with Crippen LogP contribution in [0.2, 0.25) is 0 Å². The number of para-hydroxylation sites is 1. The van der Waals surface area contributed by atoms with E-state index in [-0.39, 0.29) is 17.7 Å². The molecule has 3 aromatic rings. The second-order valence-corrected chi connectivity index (χ2v) is 10.7. The Bertz CT molecular complexity index is 1410. The molecule has 2 amide bonds. The molecule has 9 heteroatoms. The number of anilines is 1. The monoisotopic (exact) mass is 573 g/mol. The molecule has 0 aliphatic carbocycles. The number of methoxy groups -OCH3 is 4. The Labute approximate surface area is 247 Å². The van der Waals surface area contributed by atoms with Gasteiger partial charge in [0.25, 0.3) is 5.91 Å². The third-order valence-corrected chi connectivity index (χ3v) is 8.40. The molecule has 0 radical (unpaired) electrons. The van der Waals surface area contributed by atoms with Crippen molar-refractivity contribution in [2.24, 2.45) is 5.92 Å². The number of rotatable bonds is 8. The van der Waals surface area contributed by atoms with Crippen molar-refractivity contribution >= 4 is 17.5 Å². The molecular formula is C33H39N3O6. The zero-order valence-electron chi connectivity index (χ0n) is 25.0. The number of hydrogen-bond donors (Lipinski definition) is 0. The van der Waals surface area contributed by atoms with Gasteiger partial charge in [0, 0.05) is 56.4 Å². The van der Waals surface area contributed by atoms with E-state index in [1.54, 1.807) is 51.5 Å². The van der Waals surface area contributed by atoms with Gasteiger partial charge in [-0.25, -0.2) is 0 Å². The van der Waals surface area contributed by atoms with Crippen LogP contribution in [0.25, 0.3) is 0 Å². The summed E-state index contributed by atoms with van der Waals surface area (Å²) >= 11 is 0. The molecule has 0 unspecified atom stereocenters. The average Bonchev–Trinajstić information content (AvgIpc) is 3.49. The van der Waals surface area contributed by atoms with E-state index in [9.17, 15) is 9.59 Å². The molecule has 0 bridgehead atoms. The topological polar surface area (TPSA) is 80.8 Å². The lowest BCUT2D eigenvalue weighted by Crippen LogP contribution is -2.51. The van der Waals surface area contributed by atoms with Crippen molar-refractivity contribution in [3.63, 3.8) is 0 Å². The molecule has 2 aliphatic heterocycles. The number of carbonyl (C=O) groups is 2. The summed E-state index contributed by atoms with van der Waals surface area (Å²) < 4.78 is 22.1. The van der Waals surface area contributed by atoms with Crippen molar-refractivity contribution in [1.29, 1.82) is 0 Å². The number of amides is 2.